The number of carbonyl (C=O) groups excluding carboxylic acids is 1. The Morgan fingerprint density at radius 2 is 1.65 bits per heavy atom. The van der Waals surface area contributed by atoms with Crippen molar-refractivity contribution >= 4 is 45.4 Å². The molecule has 0 saturated heterocycles. The highest BCUT2D eigenvalue weighted by atomic mass is 35.5. The number of H-pyrrole nitrogens is 2. The molecule has 0 aliphatic rings. The van der Waals surface area contributed by atoms with Crippen LogP contribution in [0.25, 0.3) is 39.1 Å². The van der Waals surface area contributed by atoms with Crippen LogP contribution in [-0.4, -0.2) is 20.7 Å². The van der Waals surface area contributed by atoms with E-state index in [1.807, 2.05) is 0 Å². The van der Waals surface area contributed by atoms with Gasteiger partial charge in [0.15, 0.2) is 17.4 Å². The van der Waals surface area contributed by atoms with E-state index in [-0.39, 0.29) is 22.4 Å². The summed E-state index contributed by atoms with van der Waals surface area (Å²) in [7, 11) is 0. The van der Waals surface area contributed by atoms with Gasteiger partial charge in [0.2, 0.25) is 0 Å². The summed E-state index contributed by atoms with van der Waals surface area (Å²) in [6.45, 7) is 0. The molecular weight excluding hydrogens is 467 g/mol. The fourth-order valence-electron chi connectivity index (χ4n) is 3.76. The number of aromatic nitrogens is 3. The minimum Gasteiger partial charge on any atom is -0.338 e. The second kappa shape index (κ2) is 8.31. The van der Waals surface area contributed by atoms with Gasteiger partial charge in [-0.15, -0.1) is 0 Å². The topological polar surface area (TPSA) is 78.6 Å². The smallest absolute Gasteiger partial charge is 0.260 e. The van der Waals surface area contributed by atoms with E-state index in [1.165, 1.54) is 30.3 Å². The monoisotopic (exact) mass is 479 g/mol. The summed E-state index contributed by atoms with van der Waals surface area (Å²) in [5, 5.41) is 0.892. The zero-order valence-corrected chi connectivity index (χ0v) is 17.9. The van der Waals surface area contributed by atoms with E-state index in [1.54, 1.807) is 18.2 Å². The van der Waals surface area contributed by atoms with Crippen molar-refractivity contribution in [2.75, 3.05) is 0 Å². The lowest BCUT2D eigenvalue weighted by molar-refractivity contribution is 0.104. The summed E-state index contributed by atoms with van der Waals surface area (Å²) in [6.07, 6.45) is 2.42. The van der Waals surface area contributed by atoms with Crippen molar-refractivity contribution in [3.05, 3.63) is 105 Å². The molecule has 0 fully saturated rings. The van der Waals surface area contributed by atoms with Gasteiger partial charge >= 0.3 is 0 Å². The maximum absolute atomic E-state index is 13.5. The minimum absolute atomic E-state index is 0.164. The van der Waals surface area contributed by atoms with Gasteiger partial charge in [0, 0.05) is 33.6 Å². The van der Waals surface area contributed by atoms with E-state index in [4.69, 9.17) is 11.6 Å². The third kappa shape index (κ3) is 3.88. The van der Waals surface area contributed by atoms with Crippen LogP contribution in [0.15, 0.2) is 65.5 Å². The number of hydrogen-bond donors (Lipinski definition) is 2. The molecule has 168 valence electrons. The van der Waals surface area contributed by atoms with Gasteiger partial charge in [0.1, 0.15) is 11.6 Å². The first-order valence-corrected chi connectivity index (χ1v) is 10.4. The molecule has 0 aliphatic heterocycles. The Morgan fingerprint density at radius 1 is 0.912 bits per heavy atom. The summed E-state index contributed by atoms with van der Waals surface area (Å²) in [5.74, 6) is -3.04. The SMILES string of the molecule is O=C(/C=C/c1nc2cc(F)c(F)cc2[nH]1)c1c(-c2ccc(F)cc2)c2cc(Cl)ccc2[nH]c1=O. The van der Waals surface area contributed by atoms with Gasteiger partial charge < -0.3 is 9.97 Å². The zero-order valence-electron chi connectivity index (χ0n) is 17.1. The van der Waals surface area contributed by atoms with Gasteiger partial charge in [0.25, 0.3) is 5.56 Å². The lowest BCUT2D eigenvalue weighted by atomic mass is 9.94. The number of benzene rings is 3. The highest BCUT2D eigenvalue weighted by Gasteiger charge is 2.20. The first-order chi connectivity index (χ1) is 16.3. The zero-order chi connectivity index (χ0) is 24.0. The highest BCUT2D eigenvalue weighted by Crippen LogP contribution is 2.32. The van der Waals surface area contributed by atoms with E-state index in [2.05, 4.69) is 15.0 Å². The molecule has 2 N–H and O–H groups in total. The van der Waals surface area contributed by atoms with Gasteiger partial charge in [-0.05, 0) is 48.0 Å². The summed E-state index contributed by atoms with van der Waals surface area (Å²) in [4.78, 5) is 35.7. The molecule has 0 bridgehead atoms. The number of aromatic amines is 2. The third-order valence-corrected chi connectivity index (χ3v) is 5.53. The molecule has 34 heavy (non-hydrogen) atoms. The number of ketones is 1. The number of pyridine rings is 1. The van der Waals surface area contributed by atoms with Gasteiger partial charge in [-0.25, -0.2) is 18.2 Å². The maximum Gasteiger partial charge on any atom is 0.260 e. The molecular formula is C25H13ClF3N3O2. The number of fused-ring (bicyclic) bond motifs is 2. The first kappa shape index (κ1) is 21.7. The average Bonchev–Trinajstić information content (AvgIpc) is 3.19. The van der Waals surface area contributed by atoms with Crippen LogP contribution in [0.2, 0.25) is 5.02 Å². The minimum atomic E-state index is -1.05. The molecule has 0 spiro atoms. The predicted octanol–water partition coefficient (Wildman–Crippen LogP) is 6.04. The average molecular weight is 480 g/mol. The van der Waals surface area contributed by atoms with Crippen molar-refractivity contribution in [3.8, 4) is 11.1 Å². The number of allylic oxidation sites excluding steroid dienone is 1. The molecule has 0 atom stereocenters. The van der Waals surface area contributed by atoms with Crippen LogP contribution in [0, 0.1) is 17.5 Å². The molecule has 5 aromatic rings. The van der Waals surface area contributed by atoms with Crippen molar-refractivity contribution in [2.24, 2.45) is 0 Å². The number of halogens is 4. The van der Waals surface area contributed by atoms with Gasteiger partial charge in [-0.2, -0.15) is 0 Å². The lowest BCUT2D eigenvalue weighted by Gasteiger charge is -2.12. The fourth-order valence-corrected chi connectivity index (χ4v) is 3.93. The van der Waals surface area contributed by atoms with E-state index in [0.29, 0.717) is 27.1 Å². The second-order valence-corrected chi connectivity index (χ2v) is 7.94. The summed E-state index contributed by atoms with van der Waals surface area (Å²) in [5.41, 5.74) is 0.808. The largest absolute Gasteiger partial charge is 0.338 e. The molecule has 0 radical (unpaired) electrons. The number of nitrogens with zero attached hydrogens (tertiary/aromatic N) is 1. The van der Waals surface area contributed by atoms with Gasteiger partial charge in [-0.1, -0.05) is 23.7 Å². The van der Waals surface area contributed by atoms with E-state index >= 15 is 0 Å². The normalized spacial score (nSPS) is 11.6. The molecule has 0 unspecified atom stereocenters. The molecule has 3 aromatic carbocycles. The number of rotatable bonds is 4. The van der Waals surface area contributed by atoms with Gasteiger partial charge in [0.05, 0.1) is 16.6 Å². The van der Waals surface area contributed by atoms with E-state index < -0.39 is 28.8 Å². The summed E-state index contributed by atoms with van der Waals surface area (Å²) >= 11 is 6.16. The first-order valence-electron chi connectivity index (χ1n) is 9.99. The van der Waals surface area contributed by atoms with Crippen molar-refractivity contribution in [1.29, 1.82) is 0 Å². The van der Waals surface area contributed by atoms with Gasteiger partial charge in [-0.3, -0.25) is 9.59 Å². The van der Waals surface area contributed by atoms with Crippen molar-refractivity contribution in [2.45, 2.75) is 0 Å². The number of imidazole rings is 1. The van der Waals surface area contributed by atoms with Crippen LogP contribution in [-0.2, 0) is 0 Å². The Balaban J connectivity index is 1.64. The van der Waals surface area contributed by atoms with Crippen molar-refractivity contribution in [3.63, 3.8) is 0 Å². The number of hydrogen-bond acceptors (Lipinski definition) is 3. The lowest BCUT2D eigenvalue weighted by Crippen LogP contribution is -2.18. The van der Waals surface area contributed by atoms with Crippen LogP contribution in [0.3, 0.4) is 0 Å². The standard InChI is InChI=1S/C25H13ClF3N3O2/c26-13-3-6-18-15(9-13)23(12-1-4-14(27)5-2-12)24(25(34)32-18)21(33)7-8-22-30-19-10-16(28)17(29)11-20(19)31-22/h1-11H,(H,30,31)(H,32,34)/b8-7+. The Kier molecular flexibility index (Phi) is 5.30. The Morgan fingerprint density at radius 3 is 2.41 bits per heavy atom. The van der Waals surface area contributed by atoms with E-state index in [0.717, 1.165) is 18.2 Å². The van der Waals surface area contributed by atoms with Crippen molar-refractivity contribution in [1.82, 2.24) is 15.0 Å². The number of nitrogens with one attached hydrogen (secondary N) is 2. The fraction of sp³-hybridized carbons (Fsp3) is 0. The maximum atomic E-state index is 13.5. The van der Waals surface area contributed by atoms with Crippen LogP contribution in [0.5, 0.6) is 0 Å². The number of carbonyl (C=O) groups is 1. The molecule has 9 heteroatoms. The van der Waals surface area contributed by atoms with Crippen LogP contribution < -0.4 is 5.56 Å². The van der Waals surface area contributed by atoms with Crippen LogP contribution >= 0.6 is 11.6 Å². The van der Waals surface area contributed by atoms with E-state index in [9.17, 15) is 22.8 Å². The third-order valence-electron chi connectivity index (χ3n) is 5.29. The predicted molar refractivity (Wildman–Crippen MR) is 124 cm³/mol. The Bertz CT molecular complexity index is 1650. The second-order valence-electron chi connectivity index (χ2n) is 7.50. The molecule has 5 nitrogen and oxygen atoms in total. The Hall–Kier alpha value is -4.17. The molecule has 0 aliphatic carbocycles. The van der Waals surface area contributed by atoms with Crippen LogP contribution in [0.4, 0.5) is 13.2 Å². The quantitative estimate of drug-likeness (QED) is 0.244. The molecule has 0 amide bonds. The molecule has 5 rings (SSSR count). The van der Waals surface area contributed by atoms with Crippen LogP contribution in [0.1, 0.15) is 16.2 Å². The Labute approximate surface area is 194 Å². The molecule has 2 heterocycles. The van der Waals surface area contributed by atoms with Crippen molar-refractivity contribution < 1.29 is 18.0 Å². The summed E-state index contributed by atoms with van der Waals surface area (Å²) < 4.78 is 40.5. The highest BCUT2D eigenvalue weighted by molar-refractivity contribution is 6.31. The molecule has 0 saturated carbocycles. The molecule has 2 aromatic heterocycles. The summed E-state index contributed by atoms with van der Waals surface area (Å²) in [6, 6.07) is 12.1.